The number of guanidine groups is 1. The minimum atomic E-state index is -0.173. The molecule has 1 amide bonds. The van der Waals surface area contributed by atoms with Crippen LogP contribution < -0.4 is 16.4 Å². The lowest BCUT2D eigenvalue weighted by atomic mass is 9.97. The number of amides is 1. The summed E-state index contributed by atoms with van der Waals surface area (Å²) in [5.41, 5.74) is 7.96. The third-order valence-corrected chi connectivity index (χ3v) is 5.20. The first-order valence-corrected chi connectivity index (χ1v) is 10.5. The van der Waals surface area contributed by atoms with Crippen LogP contribution in [-0.4, -0.2) is 55.5 Å². The minimum Gasteiger partial charge on any atom is -0.369 e. The molecule has 0 radical (unpaired) electrons. The maximum absolute atomic E-state index is 11.4. The van der Waals surface area contributed by atoms with Crippen molar-refractivity contribution in [2.75, 3.05) is 38.7 Å². The molecule has 1 aliphatic rings. The van der Waals surface area contributed by atoms with Gasteiger partial charge in [-0.05, 0) is 36.8 Å². The standard InChI is InChI=1S/C19H31N5OS/c1-21-19(22-8-10-26-2)23-12-15-5-3-6-16(11-15)13-24-9-4-7-17(14-24)18(20)25/h3,5-6,11,17H,4,7-10,12-14H2,1-2H3,(H2,20,25)(H2,21,22,23). The van der Waals surface area contributed by atoms with Crippen molar-refractivity contribution in [2.45, 2.75) is 25.9 Å². The van der Waals surface area contributed by atoms with Gasteiger partial charge in [0.1, 0.15) is 0 Å². The third-order valence-electron chi connectivity index (χ3n) is 4.59. The first-order chi connectivity index (χ1) is 12.6. The van der Waals surface area contributed by atoms with Crippen LogP contribution in [0.3, 0.4) is 0 Å². The van der Waals surface area contributed by atoms with Crippen LogP contribution in [-0.2, 0) is 17.9 Å². The molecule has 1 atom stereocenters. The number of hydrogen-bond acceptors (Lipinski definition) is 4. The number of carbonyl (C=O) groups excluding carboxylic acids is 1. The molecule has 4 N–H and O–H groups in total. The van der Waals surface area contributed by atoms with E-state index in [9.17, 15) is 4.79 Å². The minimum absolute atomic E-state index is 0.00992. The smallest absolute Gasteiger partial charge is 0.221 e. The lowest BCUT2D eigenvalue weighted by molar-refractivity contribution is -0.123. The lowest BCUT2D eigenvalue weighted by Gasteiger charge is -2.31. The van der Waals surface area contributed by atoms with E-state index in [2.05, 4.69) is 51.0 Å². The molecule has 0 saturated carbocycles. The Balaban J connectivity index is 1.86. The van der Waals surface area contributed by atoms with Gasteiger partial charge in [-0.1, -0.05) is 24.3 Å². The van der Waals surface area contributed by atoms with Crippen molar-refractivity contribution in [1.82, 2.24) is 15.5 Å². The second-order valence-corrected chi connectivity index (χ2v) is 7.63. The zero-order chi connectivity index (χ0) is 18.8. The molecular weight excluding hydrogens is 346 g/mol. The highest BCUT2D eigenvalue weighted by Crippen LogP contribution is 2.18. The molecule has 0 aliphatic carbocycles. The number of carbonyl (C=O) groups is 1. The number of benzene rings is 1. The van der Waals surface area contributed by atoms with Crippen LogP contribution in [0.4, 0.5) is 0 Å². The van der Waals surface area contributed by atoms with Crippen molar-refractivity contribution in [3.05, 3.63) is 35.4 Å². The van der Waals surface area contributed by atoms with E-state index in [0.29, 0.717) is 0 Å². The first kappa shape index (κ1) is 20.6. The Morgan fingerprint density at radius 1 is 1.38 bits per heavy atom. The van der Waals surface area contributed by atoms with Crippen LogP contribution in [0, 0.1) is 5.92 Å². The monoisotopic (exact) mass is 377 g/mol. The molecule has 1 fully saturated rings. The van der Waals surface area contributed by atoms with Crippen LogP contribution in [0.25, 0.3) is 0 Å². The fourth-order valence-corrected chi connectivity index (χ4v) is 3.51. The number of nitrogens with zero attached hydrogens (tertiary/aromatic N) is 2. The first-order valence-electron chi connectivity index (χ1n) is 9.15. The lowest BCUT2D eigenvalue weighted by Crippen LogP contribution is -2.40. The summed E-state index contributed by atoms with van der Waals surface area (Å²) in [5, 5.41) is 6.65. The van der Waals surface area contributed by atoms with E-state index in [-0.39, 0.29) is 11.8 Å². The molecule has 2 rings (SSSR count). The number of nitrogens with two attached hydrogens (primary N) is 1. The van der Waals surface area contributed by atoms with Crippen molar-refractivity contribution in [3.63, 3.8) is 0 Å². The fraction of sp³-hybridized carbons (Fsp3) is 0.579. The third kappa shape index (κ3) is 6.88. The zero-order valence-corrected chi connectivity index (χ0v) is 16.6. The number of piperidine rings is 1. The van der Waals surface area contributed by atoms with Gasteiger partial charge in [0.15, 0.2) is 5.96 Å². The number of hydrogen-bond donors (Lipinski definition) is 3. The van der Waals surface area contributed by atoms with Crippen molar-refractivity contribution in [3.8, 4) is 0 Å². The van der Waals surface area contributed by atoms with Crippen molar-refractivity contribution in [2.24, 2.45) is 16.6 Å². The Morgan fingerprint density at radius 2 is 2.19 bits per heavy atom. The highest BCUT2D eigenvalue weighted by molar-refractivity contribution is 7.98. The maximum Gasteiger partial charge on any atom is 0.221 e. The van der Waals surface area contributed by atoms with E-state index in [1.54, 1.807) is 7.05 Å². The molecule has 1 heterocycles. The van der Waals surface area contributed by atoms with Gasteiger partial charge in [-0.2, -0.15) is 11.8 Å². The van der Waals surface area contributed by atoms with Gasteiger partial charge in [0, 0.05) is 39.0 Å². The predicted molar refractivity (Wildman–Crippen MR) is 110 cm³/mol. The molecule has 7 heteroatoms. The zero-order valence-electron chi connectivity index (χ0n) is 15.8. The van der Waals surface area contributed by atoms with Crippen LogP contribution in [0.2, 0.25) is 0 Å². The Morgan fingerprint density at radius 3 is 2.92 bits per heavy atom. The van der Waals surface area contributed by atoms with Crippen molar-refractivity contribution < 1.29 is 4.79 Å². The van der Waals surface area contributed by atoms with Crippen molar-refractivity contribution >= 4 is 23.6 Å². The maximum atomic E-state index is 11.4. The average Bonchev–Trinajstić information content (AvgIpc) is 2.65. The van der Waals surface area contributed by atoms with Crippen LogP contribution in [0.15, 0.2) is 29.3 Å². The Hall–Kier alpha value is -1.73. The van der Waals surface area contributed by atoms with E-state index < -0.39 is 0 Å². The number of primary amides is 1. The molecule has 6 nitrogen and oxygen atoms in total. The van der Waals surface area contributed by atoms with E-state index in [0.717, 1.165) is 57.3 Å². The number of nitrogens with one attached hydrogen (secondary N) is 2. The number of rotatable bonds is 8. The van der Waals surface area contributed by atoms with Gasteiger partial charge in [-0.25, -0.2) is 0 Å². The second-order valence-electron chi connectivity index (χ2n) is 6.64. The second kappa shape index (κ2) is 11.1. The summed E-state index contributed by atoms with van der Waals surface area (Å²) >= 11 is 1.81. The highest BCUT2D eigenvalue weighted by Gasteiger charge is 2.23. The normalized spacial score (nSPS) is 18.5. The highest BCUT2D eigenvalue weighted by atomic mass is 32.2. The molecule has 1 saturated heterocycles. The summed E-state index contributed by atoms with van der Waals surface area (Å²) in [6, 6.07) is 8.57. The average molecular weight is 378 g/mol. The van der Waals surface area contributed by atoms with E-state index in [1.165, 1.54) is 11.1 Å². The van der Waals surface area contributed by atoms with Gasteiger partial charge in [0.05, 0.1) is 5.92 Å². The largest absolute Gasteiger partial charge is 0.369 e. The molecule has 144 valence electrons. The summed E-state index contributed by atoms with van der Waals surface area (Å²) in [7, 11) is 1.79. The van der Waals surface area contributed by atoms with Crippen LogP contribution in [0.5, 0.6) is 0 Å². The molecule has 26 heavy (non-hydrogen) atoms. The molecule has 1 aromatic rings. The Bertz CT molecular complexity index is 607. The number of likely N-dealkylation sites (tertiary alicyclic amines) is 1. The van der Waals surface area contributed by atoms with Crippen LogP contribution in [0.1, 0.15) is 24.0 Å². The molecule has 1 aliphatic heterocycles. The van der Waals surface area contributed by atoms with E-state index in [1.807, 2.05) is 11.8 Å². The quantitative estimate of drug-likeness (QED) is 0.362. The summed E-state index contributed by atoms with van der Waals surface area (Å²) in [4.78, 5) is 18.0. The Kier molecular flexibility index (Phi) is 8.77. The van der Waals surface area contributed by atoms with E-state index in [4.69, 9.17) is 5.73 Å². The number of aliphatic imine (C=N–C) groups is 1. The molecule has 0 bridgehead atoms. The van der Waals surface area contributed by atoms with E-state index >= 15 is 0 Å². The summed E-state index contributed by atoms with van der Waals surface area (Å²) in [6.45, 7) is 4.29. The molecular formula is C19H31N5OS. The van der Waals surface area contributed by atoms with Gasteiger partial charge in [-0.3, -0.25) is 14.7 Å². The summed E-state index contributed by atoms with van der Waals surface area (Å²) in [5.74, 6) is 1.69. The van der Waals surface area contributed by atoms with Gasteiger partial charge < -0.3 is 16.4 Å². The van der Waals surface area contributed by atoms with Gasteiger partial charge >= 0.3 is 0 Å². The predicted octanol–water partition coefficient (Wildman–Crippen LogP) is 1.41. The van der Waals surface area contributed by atoms with Gasteiger partial charge in [0.2, 0.25) is 5.91 Å². The topological polar surface area (TPSA) is 82.8 Å². The molecule has 0 spiro atoms. The summed E-state index contributed by atoms with van der Waals surface area (Å²) in [6.07, 6.45) is 4.04. The number of thioether (sulfide) groups is 1. The van der Waals surface area contributed by atoms with Gasteiger partial charge in [-0.15, -0.1) is 0 Å². The molecule has 0 aromatic heterocycles. The SMILES string of the molecule is CN=C(NCCSC)NCc1cccc(CN2CCCC(C(N)=O)C2)c1. The molecule has 1 aromatic carbocycles. The van der Waals surface area contributed by atoms with Crippen molar-refractivity contribution in [1.29, 1.82) is 0 Å². The summed E-state index contributed by atoms with van der Waals surface area (Å²) < 4.78 is 0. The molecule has 1 unspecified atom stereocenters. The van der Waals surface area contributed by atoms with Gasteiger partial charge in [0.25, 0.3) is 0 Å². The van der Waals surface area contributed by atoms with Crippen LogP contribution >= 0.6 is 11.8 Å². The fourth-order valence-electron chi connectivity index (χ4n) is 3.21. The Labute approximate surface area is 161 Å².